The number of hydrogen-bond acceptors (Lipinski definition) is 5. The fraction of sp³-hybridized carbons (Fsp3) is 0.588. The molecule has 120 valence electrons. The summed E-state index contributed by atoms with van der Waals surface area (Å²) in [4.78, 5) is 16.6. The molecule has 3 unspecified atom stereocenters. The lowest BCUT2D eigenvalue weighted by molar-refractivity contribution is 0.153. The van der Waals surface area contributed by atoms with Gasteiger partial charge in [-0.3, -0.25) is 4.90 Å². The number of aromatic amines is 1. The van der Waals surface area contributed by atoms with Gasteiger partial charge in [-0.1, -0.05) is 0 Å². The minimum absolute atomic E-state index is 0.528. The van der Waals surface area contributed by atoms with Crippen molar-refractivity contribution in [1.82, 2.24) is 19.9 Å². The van der Waals surface area contributed by atoms with E-state index in [9.17, 15) is 0 Å². The number of nitriles is 1. The number of nitrogens with one attached hydrogen (secondary N) is 1. The van der Waals surface area contributed by atoms with Crippen LogP contribution >= 0.6 is 0 Å². The van der Waals surface area contributed by atoms with Crippen molar-refractivity contribution in [2.24, 2.45) is 11.8 Å². The summed E-state index contributed by atoms with van der Waals surface area (Å²) in [7, 11) is 2.16. The van der Waals surface area contributed by atoms with E-state index in [1.54, 1.807) is 6.33 Å². The van der Waals surface area contributed by atoms with E-state index in [0.29, 0.717) is 18.5 Å². The molecule has 0 amide bonds. The lowest BCUT2D eigenvalue weighted by Gasteiger charge is -2.33. The molecular formula is C17H22N6. The quantitative estimate of drug-likeness (QED) is 0.878. The molecule has 2 aliphatic rings. The summed E-state index contributed by atoms with van der Waals surface area (Å²) in [5.74, 6) is 2.53. The molecule has 6 nitrogen and oxygen atoms in total. The first-order valence-corrected chi connectivity index (χ1v) is 8.36. The summed E-state index contributed by atoms with van der Waals surface area (Å²) in [5.41, 5.74) is 0.900. The van der Waals surface area contributed by atoms with Gasteiger partial charge in [0.25, 0.3) is 0 Å². The van der Waals surface area contributed by atoms with Crippen LogP contribution in [0, 0.1) is 23.2 Å². The fourth-order valence-corrected chi connectivity index (χ4v) is 4.40. The fourth-order valence-electron chi connectivity index (χ4n) is 4.40. The van der Waals surface area contributed by atoms with Gasteiger partial charge in [0.05, 0.1) is 18.0 Å². The Labute approximate surface area is 136 Å². The molecule has 23 heavy (non-hydrogen) atoms. The number of fused-ring (bicyclic) bond motifs is 2. The smallest absolute Gasteiger partial charge is 0.142 e. The summed E-state index contributed by atoms with van der Waals surface area (Å²) >= 11 is 0. The van der Waals surface area contributed by atoms with E-state index >= 15 is 0 Å². The largest absolute Gasteiger partial charge is 0.356 e. The SMILES string of the molecule is CN(c1ncnc2[nH]ccc12)C1CC2CCN(CC#N)CC2C1. The van der Waals surface area contributed by atoms with Crippen LogP contribution in [0.15, 0.2) is 18.6 Å². The third-order valence-corrected chi connectivity index (χ3v) is 5.63. The van der Waals surface area contributed by atoms with E-state index in [1.807, 2.05) is 6.20 Å². The van der Waals surface area contributed by atoms with Gasteiger partial charge in [0, 0.05) is 25.8 Å². The van der Waals surface area contributed by atoms with E-state index in [4.69, 9.17) is 5.26 Å². The number of anilines is 1. The van der Waals surface area contributed by atoms with Crippen molar-refractivity contribution < 1.29 is 0 Å². The van der Waals surface area contributed by atoms with Crippen molar-refractivity contribution in [2.75, 3.05) is 31.6 Å². The molecule has 0 spiro atoms. The van der Waals surface area contributed by atoms with Crippen LogP contribution < -0.4 is 4.90 Å². The molecule has 0 radical (unpaired) electrons. The number of likely N-dealkylation sites (tertiary alicyclic amines) is 1. The van der Waals surface area contributed by atoms with Gasteiger partial charge in [0.1, 0.15) is 17.8 Å². The van der Waals surface area contributed by atoms with Crippen LogP contribution in [0.25, 0.3) is 11.0 Å². The van der Waals surface area contributed by atoms with Gasteiger partial charge in [-0.25, -0.2) is 9.97 Å². The molecule has 2 aromatic heterocycles. The second kappa shape index (κ2) is 5.82. The summed E-state index contributed by atoms with van der Waals surface area (Å²) in [6.07, 6.45) is 7.21. The number of piperidine rings is 1. The Hall–Kier alpha value is -2.13. The molecule has 2 aromatic rings. The second-order valence-corrected chi connectivity index (χ2v) is 6.88. The Kier molecular flexibility index (Phi) is 3.66. The third-order valence-electron chi connectivity index (χ3n) is 5.63. The number of nitrogens with zero attached hydrogens (tertiary/aromatic N) is 5. The average molecular weight is 310 g/mol. The summed E-state index contributed by atoms with van der Waals surface area (Å²) in [6.45, 7) is 2.71. The van der Waals surface area contributed by atoms with Crippen LogP contribution in [0.1, 0.15) is 19.3 Å². The maximum absolute atomic E-state index is 8.91. The van der Waals surface area contributed by atoms with Crippen molar-refractivity contribution in [3.63, 3.8) is 0 Å². The second-order valence-electron chi connectivity index (χ2n) is 6.88. The van der Waals surface area contributed by atoms with Crippen LogP contribution in [0.3, 0.4) is 0 Å². The van der Waals surface area contributed by atoms with Gasteiger partial charge >= 0.3 is 0 Å². The van der Waals surface area contributed by atoms with Gasteiger partial charge in [0.2, 0.25) is 0 Å². The molecule has 6 heteroatoms. The molecule has 1 N–H and O–H groups in total. The lowest BCUT2D eigenvalue weighted by Crippen LogP contribution is -2.38. The summed E-state index contributed by atoms with van der Waals surface area (Å²) < 4.78 is 0. The van der Waals surface area contributed by atoms with Crippen LogP contribution in [0.5, 0.6) is 0 Å². The van der Waals surface area contributed by atoms with E-state index in [0.717, 1.165) is 35.9 Å². The summed E-state index contributed by atoms with van der Waals surface area (Å²) in [5, 5.41) is 10.0. The molecular weight excluding hydrogens is 288 g/mol. The standard InChI is InChI=1S/C17H22N6/c1-22(17-15-2-5-19-16(15)20-11-21-17)14-8-12-3-6-23(7-4-18)10-13(12)9-14/h2,5,11-14H,3,6-10H2,1H3,(H,19,20,21). The van der Waals surface area contributed by atoms with Crippen molar-refractivity contribution in [1.29, 1.82) is 5.26 Å². The zero-order chi connectivity index (χ0) is 15.8. The van der Waals surface area contributed by atoms with Crippen molar-refractivity contribution >= 4 is 16.9 Å². The summed E-state index contributed by atoms with van der Waals surface area (Å²) in [6, 6.07) is 4.87. The topological polar surface area (TPSA) is 71.8 Å². The Morgan fingerprint density at radius 3 is 3.13 bits per heavy atom. The number of H-pyrrole nitrogens is 1. The first-order valence-electron chi connectivity index (χ1n) is 8.36. The monoisotopic (exact) mass is 310 g/mol. The van der Waals surface area contributed by atoms with Gasteiger partial charge in [-0.2, -0.15) is 5.26 Å². The van der Waals surface area contributed by atoms with Crippen LogP contribution in [-0.2, 0) is 0 Å². The highest BCUT2D eigenvalue weighted by Gasteiger charge is 2.39. The number of hydrogen-bond donors (Lipinski definition) is 1. The van der Waals surface area contributed by atoms with Gasteiger partial charge < -0.3 is 9.88 Å². The van der Waals surface area contributed by atoms with Gasteiger partial charge in [0.15, 0.2) is 0 Å². The molecule has 2 fully saturated rings. The van der Waals surface area contributed by atoms with Gasteiger partial charge in [-0.05, 0) is 43.7 Å². The van der Waals surface area contributed by atoms with Gasteiger partial charge in [-0.15, -0.1) is 0 Å². The van der Waals surface area contributed by atoms with E-state index in [1.165, 1.54) is 19.3 Å². The molecule has 1 aliphatic heterocycles. The minimum Gasteiger partial charge on any atom is -0.356 e. The Balaban J connectivity index is 1.51. The van der Waals surface area contributed by atoms with E-state index in [2.05, 4.69) is 43.9 Å². The normalized spacial score (nSPS) is 27.7. The average Bonchev–Trinajstić information content (AvgIpc) is 3.20. The molecule has 1 saturated heterocycles. The molecule has 1 saturated carbocycles. The third kappa shape index (κ3) is 2.55. The zero-order valence-electron chi connectivity index (χ0n) is 13.4. The van der Waals surface area contributed by atoms with Crippen LogP contribution in [-0.4, -0.2) is 52.6 Å². The Bertz CT molecular complexity index is 732. The van der Waals surface area contributed by atoms with Crippen molar-refractivity contribution in [3.8, 4) is 6.07 Å². The predicted molar refractivity (Wildman–Crippen MR) is 89.0 cm³/mol. The van der Waals surface area contributed by atoms with Crippen LogP contribution in [0.4, 0.5) is 5.82 Å². The highest BCUT2D eigenvalue weighted by atomic mass is 15.2. The molecule has 4 rings (SSSR count). The van der Waals surface area contributed by atoms with E-state index in [-0.39, 0.29) is 0 Å². The Morgan fingerprint density at radius 1 is 1.39 bits per heavy atom. The highest BCUT2D eigenvalue weighted by Crippen LogP contribution is 2.41. The maximum Gasteiger partial charge on any atom is 0.142 e. The van der Waals surface area contributed by atoms with E-state index < -0.39 is 0 Å². The first kappa shape index (κ1) is 14.5. The highest BCUT2D eigenvalue weighted by molar-refractivity contribution is 5.87. The number of rotatable bonds is 3. The minimum atomic E-state index is 0.528. The van der Waals surface area contributed by atoms with Crippen molar-refractivity contribution in [3.05, 3.63) is 18.6 Å². The van der Waals surface area contributed by atoms with Crippen molar-refractivity contribution in [2.45, 2.75) is 25.3 Å². The predicted octanol–water partition coefficient (Wildman–Crippen LogP) is 2.02. The first-order chi connectivity index (χ1) is 11.3. The van der Waals surface area contributed by atoms with Crippen LogP contribution in [0.2, 0.25) is 0 Å². The number of aromatic nitrogens is 3. The Morgan fingerprint density at radius 2 is 2.26 bits per heavy atom. The molecule has 1 aliphatic carbocycles. The maximum atomic E-state index is 8.91. The molecule has 0 bridgehead atoms. The molecule has 0 aromatic carbocycles. The zero-order valence-corrected chi connectivity index (χ0v) is 13.4. The molecule has 3 heterocycles. The lowest BCUT2D eigenvalue weighted by atomic mass is 9.89. The molecule has 3 atom stereocenters.